The molecule has 0 amide bonds. The van der Waals surface area contributed by atoms with Crippen LogP contribution in [-0.2, 0) is 0 Å². The summed E-state index contributed by atoms with van der Waals surface area (Å²) in [5.41, 5.74) is 8.05. The molecule has 4 heteroatoms. The summed E-state index contributed by atoms with van der Waals surface area (Å²) in [6.45, 7) is 8.53. The molecule has 0 spiro atoms. The Morgan fingerprint density at radius 1 is 1.20 bits per heavy atom. The van der Waals surface area contributed by atoms with Gasteiger partial charge in [-0.25, -0.2) is 0 Å². The van der Waals surface area contributed by atoms with Gasteiger partial charge in [-0.3, -0.25) is 0 Å². The fraction of sp³-hybridized carbons (Fsp3) is 0.625. The second kappa shape index (κ2) is 6.68. The normalized spacial score (nSPS) is 16.1. The van der Waals surface area contributed by atoms with Crippen molar-refractivity contribution in [3.8, 4) is 11.5 Å². The molecule has 20 heavy (non-hydrogen) atoms. The van der Waals surface area contributed by atoms with Gasteiger partial charge in [0, 0.05) is 23.1 Å². The van der Waals surface area contributed by atoms with Crippen LogP contribution >= 0.6 is 11.6 Å². The summed E-state index contributed by atoms with van der Waals surface area (Å²) < 4.78 is 11.7. The fourth-order valence-corrected chi connectivity index (χ4v) is 3.17. The molecular formula is C16H24ClNO2. The highest BCUT2D eigenvalue weighted by atomic mass is 35.5. The third-order valence-electron chi connectivity index (χ3n) is 3.74. The van der Waals surface area contributed by atoms with Crippen molar-refractivity contribution in [2.75, 3.05) is 19.8 Å². The van der Waals surface area contributed by atoms with E-state index in [2.05, 4.69) is 20.8 Å². The molecule has 0 aromatic heterocycles. The van der Waals surface area contributed by atoms with Gasteiger partial charge in [0.1, 0.15) is 0 Å². The zero-order valence-corrected chi connectivity index (χ0v) is 13.3. The lowest BCUT2D eigenvalue weighted by Gasteiger charge is -2.24. The van der Waals surface area contributed by atoms with Gasteiger partial charge in [0.2, 0.25) is 0 Å². The number of ether oxygens (including phenoxy) is 2. The van der Waals surface area contributed by atoms with Gasteiger partial charge in [0.25, 0.3) is 0 Å². The van der Waals surface area contributed by atoms with E-state index in [0.717, 1.165) is 34.9 Å². The molecule has 0 aliphatic carbocycles. The summed E-state index contributed by atoms with van der Waals surface area (Å²) in [6, 6.07) is 1.90. The zero-order valence-electron chi connectivity index (χ0n) is 12.5. The molecule has 0 saturated heterocycles. The van der Waals surface area contributed by atoms with Crippen molar-refractivity contribution >= 4 is 11.6 Å². The SMILES string of the molecule is CC(C)c1c2c(cc(Cl)c1C(C)CCN)OCCCO2. The summed E-state index contributed by atoms with van der Waals surface area (Å²) >= 11 is 6.52. The first kappa shape index (κ1) is 15.5. The van der Waals surface area contributed by atoms with Crippen molar-refractivity contribution in [3.63, 3.8) is 0 Å². The molecule has 3 nitrogen and oxygen atoms in total. The lowest BCUT2D eigenvalue weighted by atomic mass is 9.87. The third kappa shape index (κ3) is 3.04. The molecule has 0 bridgehead atoms. The Hall–Kier alpha value is -0.930. The van der Waals surface area contributed by atoms with E-state index < -0.39 is 0 Å². The van der Waals surface area contributed by atoms with Crippen molar-refractivity contribution in [1.82, 2.24) is 0 Å². The maximum Gasteiger partial charge on any atom is 0.164 e. The van der Waals surface area contributed by atoms with Crippen LogP contribution in [0.1, 0.15) is 56.6 Å². The Morgan fingerprint density at radius 3 is 2.55 bits per heavy atom. The quantitative estimate of drug-likeness (QED) is 0.911. The van der Waals surface area contributed by atoms with E-state index in [0.29, 0.717) is 31.6 Å². The Bertz CT molecular complexity index is 474. The molecule has 0 saturated carbocycles. The molecule has 0 fully saturated rings. The second-order valence-electron chi connectivity index (χ2n) is 5.70. The number of hydrogen-bond donors (Lipinski definition) is 1. The largest absolute Gasteiger partial charge is 0.489 e. The fourth-order valence-electron chi connectivity index (χ4n) is 2.78. The summed E-state index contributed by atoms with van der Waals surface area (Å²) in [4.78, 5) is 0. The molecule has 112 valence electrons. The lowest BCUT2D eigenvalue weighted by molar-refractivity contribution is 0.295. The number of rotatable bonds is 4. The van der Waals surface area contributed by atoms with E-state index in [4.69, 9.17) is 26.8 Å². The number of benzene rings is 1. The highest BCUT2D eigenvalue weighted by Gasteiger charge is 2.25. The van der Waals surface area contributed by atoms with E-state index in [1.165, 1.54) is 5.56 Å². The number of halogens is 1. The van der Waals surface area contributed by atoms with Gasteiger partial charge in [-0.1, -0.05) is 32.4 Å². The number of hydrogen-bond acceptors (Lipinski definition) is 3. The van der Waals surface area contributed by atoms with Crippen LogP contribution in [0.5, 0.6) is 11.5 Å². The molecule has 1 aromatic carbocycles. The van der Waals surface area contributed by atoms with E-state index in [1.807, 2.05) is 6.07 Å². The summed E-state index contributed by atoms with van der Waals surface area (Å²) in [7, 11) is 0. The molecule has 1 heterocycles. The smallest absolute Gasteiger partial charge is 0.164 e. The Kier molecular flexibility index (Phi) is 5.17. The molecule has 1 aromatic rings. The van der Waals surface area contributed by atoms with Crippen LogP contribution in [0.2, 0.25) is 5.02 Å². The average molecular weight is 298 g/mol. The predicted octanol–water partition coefficient (Wildman–Crippen LogP) is 4.08. The Labute approximate surface area is 126 Å². The molecule has 2 rings (SSSR count). The first-order chi connectivity index (χ1) is 9.56. The van der Waals surface area contributed by atoms with Crippen LogP contribution in [-0.4, -0.2) is 19.8 Å². The van der Waals surface area contributed by atoms with Crippen LogP contribution in [0.15, 0.2) is 6.07 Å². The zero-order chi connectivity index (χ0) is 14.7. The van der Waals surface area contributed by atoms with E-state index in [9.17, 15) is 0 Å². The molecule has 1 aliphatic rings. The Balaban J connectivity index is 2.58. The van der Waals surface area contributed by atoms with Crippen LogP contribution in [0.4, 0.5) is 0 Å². The first-order valence-electron chi connectivity index (χ1n) is 7.38. The maximum atomic E-state index is 6.52. The minimum Gasteiger partial charge on any atom is -0.489 e. The van der Waals surface area contributed by atoms with E-state index >= 15 is 0 Å². The van der Waals surface area contributed by atoms with Gasteiger partial charge in [-0.05, 0) is 30.4 Å². The van der Waals surface area contributed by atoms with Crippen LogP contribution < -0.4 is 15.2 Å². The van der Waals surface area contributed by atoms with Gasteiger partial charge in [0.05, 0.1) is 13.2 Å². The van der Waals surface area contributed by atoms with Gasteiger partial charge in [-0.15, -0.1) is 0 Å². The topological polar surface area (TPSA) is 44.5 Å². The van der Waals surface area contributed by atoms with Crippen LogP contribution in [0.3, 0.4) is 0 Å². The van der Waals surface area contributed by atoms with Gasteiger partial charge in [-0.2, -0.15) is 0 Å². The van der Waals surface area contributed by atoms with E-state index in [-0.39, 0.29) is 0 Å². The molecule has 1 atom stereocenters. The van der Waals surface area contributed by atoms with Crippen molar-refractivity contribution in [2.24, 2.45) is 5.73 Å². The molecule has 1 unspecified atom stereocenters. The maximum absolute atomic E-state index is 6.52. The van der Waals surface area contributed by atoms with E-state index in [1.54, 1.807) is 0 Å². The summed E-state index contributed by atoms with van der Waals surface area (Å²) in [6.07, 6.45) is 1.82. The predicted molar refractivity (Wildman–Crippen MR) is 83.2 cm³/mol. The van der Waals surface area contributed by atoms with Crippen molar-refractivity contribution in [3.05, 3.63) is 22.2 Å². The van der Waals surface area contributed by atoms with Crippen molar-refractivity contribution in [2.45, 2.75) is 45.4 Å². The standard InChI is InChI=1S/C16H24ClNO2/c1-10(2)14-15(11(3)5-6-18)12(17)9-13-16(14)20-8-4-7-19-13/h9-11H,4-8,18H2,1-3H3. The minimum absolute atomic E-state index is 0.321. The second-order valence-corrected chi connectivity index (χ2v) is 6.10. The van der Waals surface area contributed by atoms with Crippen LogP contribution in [0, 0.1) is 0 Å². The van der Waals surface area contributed by atoms with Gasteiger partial charge in [0.15, 0.2) is 11.5 Å². The van der Waals surface area contributed by atoms with Crippen LogP contribution in [0.25, 0.3) is 0 Å². The lowest BCUT2D eigenvalue weighted by Crippen LogP contribution is -2.10. The molecule has 1 aliphatic heterocycles. The monoisotopic (exact) mass is 297 g/mol. The first-order valence-corrected chi connectivity index (χ1v) is 7.76. The Morgan fingerprint density at radius 2 is 1.90 bits per heavy atom. The highest BCUT2D eigenvalue weighted by molar-refractivity contribution is 6.31. The molecule has 0 radical (unpaired) electrons. The highest BCUT2D eigenvalue weighted by Crippen LogP contribution is 2.46. The summed E-state index contributed by atoms with van der Waals surface area (Å²) in [5.74, 6) is 2.31. The van der Waals surface area contributed by atoms with Crippen molar-refractivity contribution in [1.29, 1.82) is 0 Å². The van der Waals surface area contributed by atoms with Crippen molar-refractivity contribution < 1.29 is 9.47 Å². The minimum atomic E-state index is 0.321. The third-order valence-corrected chi connectivity index (χ3v) is 4.05. The number of nitrogens with two attached hydrogens (primary N) is 1. The number of fused-ring (bicyclic) bond motifs is 1. The summed E-state index contributed by atoms with van der Waals surface area (Å²) in [5, 5.41) is 0.763. The van der Waals surface area contributed by atoms with Gasteiger partial charge >= 0.3 is 0 Å². The molecule has 2 N–H and O–H groups in total. The molecular weight excluding hydrogens is 274 g/mol. The average Bonchev–Trinajstić information content (AvgIpc) is 2.61. The van der Waals surface area contributed by atoms with Gasteiger partial charge < -0.3 is 15.2 Å².